The molecule has 1 saturated heterocycles. The molecule has 2 N–H and O–H groups in total. The number of pyridine rings is 2. The Kier molecular flexibility index (Phi) is 3.98. The van der Waals surface area contributed by atoms with Crippen molar-refractivity contribution in [2.24, 2.45) is 5.41 Å². The Morgan fingerprint density at radius 3 is 2.79 bits per heavy atom. The third-order valence-electron chi connectivity index (χ3n) is 6.43. The summed E-state index contributed by atoms with van der Waals surface area (Å²) in [6.07, 6.45) is 7.93. The first-order valence-corrected chi connectivity index (χ1v) is 10.3. The zero-order valence-corrected chi connectivity index (χ0v) is 17.0. The smallest absolute Gasteiger partial charge is 0.137 e. The SMILES string of the molecule is CC(C)(C)c1ccc2ncc(-c3cccc(NC4CC5(CCNC5)C4)n3)n2c1. The van der Waals surface area contributed by atoms with Gasteiger partial charge >= 0.3 is 0 Å². The number of fused-ring (bicyclic) bond motifs is 1. The first kappa shape index (κ1) is 17.7. The van der Waals surface area contributed by atoms with Gasteiger partial charge in [0.05, 0.1) is 17.6 Å². The van der Waals surface area contributed by atoms with Gasteiger partial charge in [0.15, 0.2) is 0 Å². The molecule has 2 aliphatic rings. The van der Waals surface area contributed by atoms with Crippen molar-refractivity contribution < 1.29 is 0 Å². The molecule has 0 unspecified atom stereocenters. The molecule has 146 valence electrons. The third-order valence-corrected chi connectivity index (χ3v) is 6.43. The summed E-state index contributed by atoms with van der Waals surface area (Å²) in [5.74, 6) is 0.963. The Morgan fingerprint density at radius 2 is 2.04 bits per heavy atom. The van der Waals surface area contributed by atoms with E-state index in [0.29, 0.717) is 11.5 Å². The Balaban J connectivity index is 1.40. The van der Waals surface area contributed by atoms with Gasteiger partial charge in [0, 0.05) is 18.8 Å². The number of rotatable bonds is 3. The standard InChI is InChI=1S/C23H29N5/c1-22(2,3)16-7-8-21-25-13-19(28(21)14-16)18-5-4-6-20(27-18)26-17-11-23(12-17)9-10-24-15-23/h4-8,13-14,17,24H,9-12,15H2,1-3H3,(H,26,27). The van der Waals surface area contributed by atoms with Crippen molar-refractivity contribution in [1.29, 1.82) is 0 Å². The monoisotopic (exact) mass is 375 g/mol. The predicted octanol–water partition coefficient (Wildman–Crippen LogP) is 4.25. The zero-order valence-electron chi connectivity index (χ0n) is 17.0. The van der Waals surface area contributed by atoms with Crippen molar-refractivity contribution in [2.45, 2.75) is 51.5 Å². The summed E-state index contributed by atoms with van der Waals surface area (Å²) in [4.78, 5) is 9.49. The second kappa shape index (κ2) is 6.31. The lowest BCUT2D eigenvalue weighted by Crippen LogP contribution is -2.46. The summed E-state index contributed by atoms with van der Waals surface area (Å²) in [5, 5.41) is 7.15. The number of aromatic nitrogens is 3. The van der Waals surface area contributed by atoms with Gasteiger partial charge in [-0.1, -0.05) is 32.9 Å². The summed E-state index contributed by atoms with van der Waals surface area (Å²) in [7, 11) is 0. The number of anilines is 1. The third kappa shape index (κ3) is 3.08. The average molecular weight is 376 g/mol. The van der Waals surface area contributed by atoms with Crippen LogP contribution in [0.5, 0.6) is 0 Å². The fraction of sp³-hybridized carbons (Fsp3) is 0.478. The average Bonchev–Trinajstić information content (AvgIpc) is 3.27. The number of nitrogens with zero attached hydrogens (tertiary/aromatic N) is 3. The molecule has 5 heteroatoms. The van der Waals surface area contributed by atoms with Crippen LogP contribution in [0.4, 0.5) is 5.82 Å². The van der Waals surface area contributed by atoms with Crippen LogP contribution in [0.15, 0.2) is 42.7 Å². The first-order chi connectivity index (χ1) is 13.4. The fourth-order valence-electron chi connectivity index (χ4n) is 4.71. The molecule has 0 aromatic carbocycles. The van der Waals surface area contributed by atoms with Gasteiger partial charge in [-0.15, -0.1) is 0 Å². The van der Waals surface area contributed by atoms with E-state index >= 15 is 0 Å². The van der Waals surface area contributed by atoms with Crippen LogP contribution < -0.4 is 10.6 Å². The van der Waals surface area contributed by atoms with Crippen LogP contribution in [-0.2, 0) is 5.41 Å². The van der Waals surface area contributed by atoms with Crippen LogP contribution >= 0.6 is 0 Å². The first-order valence-electron chi connectivity index (χ1n) is 10.3. The molecular weight excluding hydrogens is 346 g/mol. The quantitative estimate of drug-likeness (QED) is 0.719. The van der Waals surface area contributed by atoms with Crippen LogP contribution in [0.2, 0.25) is 0 Å². The molecule has 1 aliphatic carbocycles. The summed E-state index contributed by atoms with van der Waals surface area (Å²) < 4.78 is 2.16. The Bertz CT molecular complexity index is 999. The molecule has 1 spiro atoms. The summed E-state index contributed by atoms with van der Waals surface area (Å²) in [6, 6.07) is 11.0. The van der Waals surface area contributed by atoms with Crippen LogP contribution in [0, 0.1) is 5.41 Å². The summed E-state index contributed by atoms with van der Waals surface area (Å²) >= 11 is 0. The van der Waals surface area contributed by atoms with E-state index in [2.05, 4.69) is 77.3 Å². The molecule has 5 rings (SSSR count). The van der Waals surface area contributed by atoms with Gasteiger partial charge in [-0.2, -0.15) is 0 Å². The maximum Gasteiger partial charge on any atom is 0.137 e. The van der Waals surface area contributed by atoms with Gasteiger partial charge < -0.3 is 10.6 Å². The van der Waals surface area contributed by atoms with Crippen molar-refractivity contribution >= 4 is 11.5 Å². The second-order valence-electron chi connectivity index (χ2n) is 9.62. The highest BCUT2D eigenvalue weighted by atomic mass is 15.1. The highest BCUT2D eigenvalue weighted by Gasteiger charge is 2.45. The Hall–Kier alpha value is -2.40. The molecule has 1 aliphatic heterocycles. The zero-order chi connectivity index (χ0) is 19.4. The summed E-state index contributed by atoms with van der Waals surface area (Å²) in [5.41, 5.74) is 4.88. The molecule has 0 amide bonds. The van der Waals surface area contributed by atoms with Gasteiger partial charge in [0.2, 0.25) is 0 Å². The molecule has 0 bridgehead atoms. The van der Waals surface area contributed by atoms with Crippen LogP contribution in [0.1, 0.15) is 45.6 Å². The lowest BCUT2D eigenvalue weighted by Gasteiger charge is -2.45. The highest BCUT2D eigenvalue weighted by Crippen LogP contribution is 2.46. The number of nitrogens with one attached hydrogen (secondary N) is 2. The van der Waals surface area contributed by atoms with Crippen molar-refractivity contribution in [2.75, 3.05) is 18.4 Å². The molecule has 0 radical (unpaired) electrons. The molecule has 3 aromatic heterocycles. The minimum atomic E-state index is 0.0990. The predicted molar refractivity (Wildman–Crippen MR) is 114 cm³/mol. The largest absolute Gasteiger partial charge is 0.367 e. The van der Waals surface area contributed by atoms with E-state index in [1.807, 2.05) is 6.20 Å². The van der Waals surface area contributed by atoms with Gasteiger partial charge in [-0.05, 0) is 60.4 Å². The Labute approximate surface area is 166 Å². The van der Waals surface area contributed by atoms with E-state index < -0.39 is 0 Å². The number of hydrogen-bond acceptors (Lipinski definition) is 4. The van der Waals surface area contributed by atoms with Crippen molar-refractivity contribution in [3.8, 4) is 11.4 Å². The molecule has 2 fully saturated rings. The van der Waals surface area contributed by atoms with Crippen LogP contribution in [0.25, 0.3) is 17.0 Å². The van der Waals surface area contributed by atoms with Crippen molar-refractivity contribution in [3.05, 3.63) is 48.3 Å². The van der Waals surface area contributed by atoms with E-state index in [1.54, 1.807) is 0 Å². The molecule has 3 aromatic rings. The lowest BCUT2D eigenvalue weighted by atomic mass is 9.65. The molecule has 4 heterocycles. The van der Waals surface area contributed by atoms with E-state index in [4.69, 9.17) is 4.98 Å². The molecule has 5 nitrogen and oxygen atoms in total. The van der Waals surface area contributed by atoms with E-state index in [-0.39, 0.29) is 5.41 Å². The minimum Gasteiger partial charge on any atom is -0.367 e. The van der Waals surface area contributed by atoms with Gasteiger partial charge in [-0.25, -0.2) is 9.97 Å². The lowest BCUT2D eigenvalue weighted by molar-refractivity contribution is 0.141. The Morgan fingerprint density at radius 1 is 1.18 bits per heavy atom. The summed E-state index contributed by atoms with van der Waals surface area (Å²) in [6.45, 7) is 9.05. The normalized spacial score (nSPS) is 24.6. The fourth-order valence-corrected chi connectivity index (χ4v) is 4.71. The van der Waals surface area contributed by atoms with Gasteiger partial charge in [0.25, 0.3) is 0 Å². The van der Waals surface area contributed by atoms with Gasteiger partial charge in [-0.3, -0.25) is 4.40 Å². The van der Waals surface area contributed by atoms with E-state index in [9.17, 15) is 0 Å². The van der Waals surface area contributed by atoms with E-state index in [0.717, 1.165) is 22.9 Å². The molecular formula is C23H29N5. The number of hydrogen-bond donors (Lipinski definition) is 2. The number of imidazole rings is 1. The molecule has 0 atom stereocenters. The van der Waals surface area contributed by atoms with E-state index in [1.165, 1.54) is 37.9 Å². The maximum atomic E-state index is 4.91. The highest BCUT2D eigenvalue weighted by molar-refractivity contribution is 5.62. The van der Waals surface area contributed by atoms with Crippen molar-refractivity contribution in [3.63, 3.8) is 0 Å². The topological polar surface area (TPSA) is 54.2 Å². The molecule has 1 saturated carbocycles. The van der Waals surface area contributed by atoms with Crippen molar-refractivity contribution in [1.82, 2.24) is 19.7 Å². The van der Waals surface area contributed by atoms with Crippen LogP contribution in [-0.4, -0.2) is 33.5 Å². The van der Waals surface area contributed by atoms with Gasteiger partial charge in [0.1, 0.15) is 11.5 Å². The second-order valence-corrected chi connectivity index (χ2v) is 9.62. The minimum absolute atomic E-state index is 0.0990. The maximum absolute atomic E-state index is 4.91. The molecule has 28 heavy (non-hydrogen) atoms. The van der Waals surface area contributed by atoms with Crippen LogP contribution in [0.3, 0.4) is 0 Å².